The molecule has 0 aromatic heterocycles. The van der Waals surface area contributed by atoms with Crippen molar-refractivity contribution in [2.45, 2.75) is 385 Å². The Balaban J connectivity index is 3.78. The highest BCUT2D eigenvalue weighted by molar-refractivity contribution is 7.46. The third-order valence-electron chi connectivity index (χ3n) is 16.7. The van der Waals surface area contributed by atoms with E-state index in [4.69, 9.17) is 32.9 Å². The molecule has 0 aromatic rings. The third kappa shape index (κ3) is 45.3. The second kappa shape index (κ2) is 55.6. The molecule has 9 atom stereocenters. The number of nitrogens with one attached hydrogen (secondary N) is 2. The number of amides is 2. The minimum absolute atomic E-state index is 0.110. The Morgan fingerprint density at radius 3 is 1.14 bits per heavy atom. The van der Waals surface area contributed by atoms with Gasteiger partial charge in [0, 0.05) is 19.3 Å². The number of unbranched alkanes of at least 4 members (excludes halogenated alkanes) is 30. The Morgan fingerprint density at radius 2 is 0.791 bits per heavy atom. The van der Waals surface area contributed by atoms with Crippen LogP contribution in [0.3, 0.4) is 0 Å². The molecule has 0 bridgehead atoms. The van der Waals surface area contributed by atoms with E-state index in [-0.39, 0.29) is 32.1 Å². The minimum Gasteiger partial charge on any atom is -0.480 e. The molecule has 1 heterocycles. The first-order chi connectivity index (χ1) is 43.8. The lowest BCUT2D eigenvalue weighted by molar-refractivity contribution is -0.272. The maximum absolute atomic E-state index is 14.6. The second-order valence-electron chi connectivity index (χ2n) is 25.3. The summed E-state index contributed by atoms with van der Waals surface area (Å²) in [6, 6.07) is -3.59. The highest BCUT2D eigenvalue weighted by atomic mass is 31.2. The summed E-state index contributed by atoms with van der Waals surface area (Å²) in [5, 5.41) is 26.5. The Kier molecular flexibility index (Phi) is 52.1. The van der Waals surface area contributed by atoms with Crippen LogP contribution in [0.15, 0.2) is 0 Å². The molecule has 2 unspecified atom stereocenters. The number of carboxylic acid groups (broad SMARTS) is 1. The number of rotatable bonds is 61. The number of hydrogen-bond donors (Lipinski definition) is 6. The summed E-state index contributed by atoms with van der Waals surface area (Å²) in [6.45, 7) is 10.6. The van der Waals surface area contributed by atoms with Gasteiger partial charge in [-0.1, -0.05) is 234 Å². The fourth-order valence-electron chi connectivity index (χ4n) is 11.4. The number of aliphatic carboxylic acids is 1. The van der Waals surface area contributed by atoms with E-state index in [1.54, 1.807) is 0 Å². The second-order valence-corrected chi connectivity index (χ2v) is 26.5. The van der Waals surface area contributed by atoms with Crippen molar-refractivity contribution in [3.63, 3.8) is 0 Å². The van der Waals surface area contributed by atoms with E-state index in [9.17, 15) is 58.1 Å². The third-order valence-corrected chi connectivity index (χ3v) is 17.2. The molecule has 0 radical (unpaired) electrons. The monoisotopic (exact) mass is 1320 g/mol. The van der Waals surface area contributed by atoms with Crippen molar-refractivity contribution in [1.82, 2.24) is 10.6 Å². The predicted molar refractivity (Wildman–Crippen MR) is 351 cm³/mol. The van der Waals surface area contributed by atoms with Crippen molar-refractivity contribution in [2.75, 3.05) is 13.2 Å². The van der Waals surface area contributed by atoms with Gasteiger partial charge < -0.3 is 59.1 Å². The fraction of sp³-hybridized carbons (Fsp3) is 0.899. The molecular weight excluding hydrogens is 1190 g/mol. The smallest absolute Gasteiger partial charge is 0.470 e. The van der Waals surface area contributed by atoms with Gasteiger partial charge in [0.25, 0.3) is 0 Å². The number of esters is 4. The summed E-state index contributed by atoms with van der Waals surface area (Å²) in [5.41, 5.74) is 0. The average molecular weight is 1320 g/mol. The summed E-state index contributed by atoms with van der Waals surface area (Å²) >= 11 is 0. The minimum atomic E-state index is -5.54. The quantitative estimate of drug-likeness (QED) is 0.0143. The lowest BCUT2D eigenvalue weighted by atomic mass is 9.95. The highest BCUT2D eigenvalue weighted by Crippen LogP contribution is 2.42. The van der Waals surface area contributed by atoms with Crippen LogP contribution in [0.1, 0.15) is 330 Å². The van der Waals surface area contributed by atoms with Gasteiger partial charge in [0.15, 0.2) is 18.4 Å². The Morgan fingerprint density at radius 1 is 0.451 bits per heavy atom. The average Bonchev–Trinajstić information content (AvgIpc) is 2.19. The van der Waals surface area contributed by atoms with Crippen LogP contribution in [0.5, 0.6) is 0 Å². The molecule has 532 valence electrons. The first kappa shape index (κ1) is 85.3. The zero-order valence-electron chi connectivity index (χ0n) is 57.3. The van der Waals surface area contributed by atoms with Gasteiger partial charge >= 0.3 is 37.7 Å². The van der Waals surface area contributed by atoms with Crippen LogP contribution in [0.25, 0.3) is 0 Å². The molecule has 0 aromatic carbocycles. The highest BCUT2D eigenvalue weighted by Gasteiger charge is 2.52. The van der Waals surface area contributed by atoms with E-state index in [1.807, 2.05) is 20.8 Å². The van der Waals surface area contributed by atoms with Gasteiger partial charge in [-0.05, 0) is 57.8 Å². The maximum atomic E-state index is 14.6. The maximum Gasteiger partial charge on any atom is 0.470 e. The molecule has 0 aliphatic carbocycles. The first-order valence-electron chi connectivity index (χ1n) is 36.1. The molecule has 91 heavy (non-hydrogen) atoms. The summed E-state index contributed by atoms with van der Waals surface area (Å²) in [7, 11) is -5.54. The topological polar surface area (TPSA) is 306 Å². The van der Waals surface area contributed by atoms with Crippen molar-refractivity contribution in [1.29, 1.82) is 0 Å². The summed E-state index contributed by atoms with van der Waals surface area (Å²) in [5.74, 6) is -5.65. The molecule has 1 fully saturated rings. The molecule has 1 aliphatic rings. The van der Waals surface area contributed by atoms with E-state index in [0.717, 1.165) is 148 Å². The van der Waals surface area contributed by atoms with Crippen LogP contribution < -0.4 is 10.6 Å². The number of hydrogen-bond acceptors (Lipinski definition) is 16. The van der Waals surface area contributed by atoms with Crippen LogP contribution in [0.4, 0.5) is 0 Å². The lowest BCUT2D eigenvalue weighted by Crippen LogP contribution is -2.66. The predicted octanol–water partition coefficient (Wildman–Crippen LogP) is 14.6. The van der Waals surface area contributed by atoms with Crippen LogP contribution in [0.2, 0.25) is 0 Å². The molecule has 0 saturated carbocycles. The van der Waals surface area contributed by atoms with Crippen molar-refractivity contribution in [3.8, 4) is 0 Å². The molecule has 1 saturated heterocycles. The Hall–Kier alpha value is -3.72. The van der Waals surface area contributed by atoms with Crippen LogP contribution in [0, 0.1) is 0 Å². The van der Waals surface area contributed by atoms with Crippen LogP contribution in [-0.4, -0.2) is 130 Å². The number of carbonyl (C=O) groups is 7. The Labute approximate surface area is 547 Å². The van der Waals surface area contributed by atoms with Gasteiger partial charge in [-0.15, -0.1) is 0 Å². The van der Waals surface area contributed by atoms with E-state index in [0.29, 0.717) is 51.4 Å². The summed E-state index contributed by atoms with van der Waals surface area (Å²) in [4.78, 5) is 116. The molecule has 21 nitrogen and oxygen atoms in total. The number of aliphatic hydroxyl groups excluding tert-OH is 1. The van der Waals surface area contributed by atoms with E-state index >= 15 is 0 Å². The molecule has 2 amide bonds. The van der Waals surface area contributed by atoms with Crippen molar-refractivity contribution >= 4 is 49.5 Å². The molecule has 1 rings (SSSR count). The summed E-state index contributed by atoms with van der Waals surface area (Å²) in [6.07, 6.45) is 24.1. The molecule has 6 N–H and O–H groups in total. The van der Waals surface area contributed by atoms with Gasteiger partial charge in [0.1, 0.15) is 36.6 Å². The molecule has 1 aliphatic heterocycles. The SMILES string of the molecule is CCCCCCCCCCC[C@H](CC(=O)N[C@@H](COC1OC(CO)[C@@H](OP(=O)(O)O)[C@H](OC(=O)C[C@@H](CCCCCCCCCCC)OC(=O)CCCCC)[C@@H]1NC(=O)C[C@@H](CCCCCCCCCCC)OC(=O)CCCCC)C(=O)O)OC(=O)CCCCC. The van der Waals surface area contributed by atoms with E-state index < -0.39 is 131 Å². The van der Waals surface area contributed by atoms with E-state index in [1.165, 1.54) is 44.9 Å². The van der Waals surface area contributed by atoms with Gasteiger partial charge in [-0.3, -0.25) is 33.3 Å². The number of phosphoric ester groups is 1. The normalized spacial score (nSPS) is 18.0. The van der Waals surface area contributed by atoms with Crippen molar-refractivity contribution < 1.29 is 91.1 Å². The van der Waals surface area contributed by atoms with Crippen LogP contribution >= 0.6 is 7.82 Å². The largest absolute Gasteiger partial charge is 0.480 e. The Bertz CT molecular complexity index is 1960. The number of carbonyl (C=O) groups excluding carboxylic acids is 6. The van der Waals surface area contributed by atoms with Gasteiger partial charge in [0.05, 0.1) is 32.5 Å². The lowest BCUT2D eigenvalue weighted by Gasteiger charge is -2.45. The van der Waals surface area contributed by atoms with Crippen LogP contribution in [-0.2, 0) is 71.1 Å². The zero-order chi connectivity index (χ0) is 67.3. The fourth-order valence-corrected chi connectivity index (χ4v) is 12.0. The zero-order valence-corrected chi connectivity index (χ0v) is 58.2. The number of ether oxygens (including phenoxy) is 6. The van der Waals surface area contributed by atoms with Gasteiger partial charge in [-0.2, -0.15) is 0 Å². The van der Waals surface area contributed by atoms with E-state index in [2.05, 4.69) is 31.4 Å². The van der Waals surface area contributed by atoms with Crippen molar-refractivity contribution in [2.24, 2.45) is 0 Å². The number of aliphatic hydroxyl groups is 1. The first-order valence-corrected chi connectivity index (χ1v) is 37.6. The number of phosphoric acid groups is 1. The number of carboxylic acids is 1. The molecule has 0 spiro atoms. The molecular formula is C69H127N2O19P. The van der Waals surface area contributed by atoms with Gasteiger partial charge in [-0.25, -0.2) is 9.36 Å². The van der Waals surface area contributed by atoms with Gasteiger partial charge in [0.2, 0.25) is 11.8 Å². The van der Waals surface area contributed by atoms with Crippen molar-refractivity contribution in [3.05, 3.63) is 0 Å². The summed E-state index contributed by atoms with van der Waals surface area (Å²) < 4.78 is 54.0. The standard InChI is InChI=1S/C69H127N2O19P/c1-7-13-19-22-25-28-31-34-40-43-54(85-61(75)46-37-16-10-4)49-59(73)70-57(68(79)80)53-84-69-65(71-60(74)50-55(86-62(76)47-38-17-11-5)44-41-35-32-29-26-23-20-14-8-2)67(66(58(52-72)88-69)90-91(81,82)83)89-64(78)51-56(87-63(77)48-39-18-12-6)45-42-36-33-30-27-24-21-15-9-3/h54-58,65-67,69,72H,7-53H2,1-6H3,(H,70,73)(H,71,74)(H,79,80)(H2,81,82,83)/t54-,55-,56-,57+,58?,65+,66-,67-,69?/m1/s1. The molecule has 22 heteroatoms.